The molecule has 2 saturated carbocycles. The number of aromatic nitrogens is 1. The predicted octanol–water partition coefficient (Wildman–Crippen LogP) is 4.19. The molecule has 2 aliphatic heterocycles. The summed E-state index contributed by atoms with van der Waals surface area (Å²) in [5.41, 5.74) is 2.03. The topological polar surface area (TPSA) is 144 Å². The molecule has 3 fully saturated rings. The van der Waals surface area contributed by atoms with Crippen LogP contribution in [-0.4, -0.2) is 78.2 Å². The Bertz CT molecular complexity index is 1910. The Morgan fingerprint density at radius 3 is 2.67 bits per heavy atom. The van der Waals surface area contributed by atoms with E-state index in [1.54, 1.807) is 6.92 Å². The number of pyridine rings is 1. The molecule has 3 aromatic rings. The van der Waals surface area contributed by atoms with Gasteiger partial charge in [-0.25, -0.2) is 13.4 Å². The molecule has 0 radical (unpaired) electrons. The van der Waals surface area contributed by atoms with E-state index in [0.717, 1.165) is 47.0 Å². The van der Waals surface area contributed by atoms with Crippen LogP contribution in [0.15, 0.2) is 66.7 Å². The average molecular weight is 687 g/mol. The van der Waals surface area contributed by atoms with E-state index in [4.69, 9.17) is 14.5 Å². The second-order valence-corrected chi connectivity index (χ2v) is 15.7. The summed E-state index contributed by atoms with van der Waals surface area (Å²) in [5.74, 6) is -1.39. The third-order valence-corrected chi connectivity index (χ3v) is 11.8. The number of allylic oxidation sites excluding steroid dienone is 1. The number of carbonyl (C=O) groups is 3. The van der Waals surface area contributed by atoms with Gasteiger partial charge < -0.3 is 19.7 Å². The normalized spacial score (nSPS) is 27.8. The van der Waals surface area contributed by atoms with Gasteiger partial charge in [0.2, 0.25) is 15.9 Å². The lowest BCUT2D eigenvalue weighted by molar-refractivity contribution is -0.147. The molecule has 3 amide bonds. The Morgan fingerprint density at radius 1 is 1.10 bits per heavy atom. The zero-order chi connectivity index (χ0) is 34.3. The molecule has 7 rings (SSSR count). The van der Waals surface area contributed by atoms with E-state index in [0.29, 0.717) is 25.2 Å². The van der Waals surface area contributed by atoms with E-state index in [2.05, 4.69) is 10.0 Å². The van der Waals surface area contributed by atoms with Crippen molar-refractivity contribution in [2.24, 2.45) is 5.92 Å². The number of fused-ring (bicyclic) bond motifs is 3. The largest absolute Gasteiger partial charge is 0.488 e. The lowest BCUT2D eigenvalue weighted by Gasteiger charge is -2.28. The van der Waals surface area contributed by atoms with Crippen molar-refractivity contribution in [1.82, 2.24) is 19.9 Å². The lowest BCUT2D eigenvalue weighted by atomic mass is 10.1. The maximum Gasteiger partial charge on any atom is 0.259 e. The van der Waals surface area contributed by atoms with Crippen molar-refractivity contribution < 1.29 is 32.3 Å². The van der Waals surface area contributed by atoms with Crippen molar-refractivity contribution in [1.29, 1.82) is 0 Å². The van der Waals surface area contributed by atoms with Crippen molar-refractivity contribution >= 4 is 38.6 Å². The van der Waals surface area contributed by atoms with E-state index >= 15 is 0 Å². The molecule has 49 heavy (non-hydrogen) atoms. The van der Waals surface area contributed by atoms with Crippen LogP contribution in [0, 0.1) is 12.8 Å². The van der Waals surface area contributed by atoms with E-state index in [1.165, 1.54) is 4.90 Å². The molecular formula is C37H42N4O7S. The van der Waals surface area contributed by atoms with Crippen LogP contribution in [0.5, 0.6) is 5.75 Å². The summed E-state index contributed by atoms with van der Waals surface area (Å²) in [7, 11) is -3.83. The molecule has 258 valence electrons. The molecule has 2 aliphatic carbocycles. The number of carbonyl (C=O) groups excluding carboxylic acids is 3. The summed E-state index contributed by atoms with van der Waals surface area (Å²) < 4.78 is 40.3. The van der Waals surface area contributed by atoms with Crippen LogP contribution in [-0.2, 0) is 29.1 Å². The Morgan fingerprint density at radius 2 is 1.90 bits per heavy atom. The standard InChI is InChI=1S/C37H42N4O7S/c1-23-11-10-15-29-32(20-30(38-33(23)29)25-12-6-5-7-13-25)48-27-19-31-34(42)39-37(36(44)40-49(45,46)28-16-17-28)21-26(37)14-8-3-4-9-18-47-24(2)35(43)41(31)22-27/h5-8,10-15,20,24,26-28,31H,3-4,9,16-19,21-22H2,1-2H3,(H,39,42)(H,40,44). The predicted molar refractivity (Wildman–Crippen MR) is 184 cm³/mol. The molecule has 1 saturated heterocycles. The number of sulfonamides is 1. The van der Waals surface area contributed by atoms with Crippen molar-refractivity contribution in [3.63, 3.8) is 0 Å². The fourth-order valence-electron chi connectivity index (χ4n) is 6.93. The van der Waals surface area contributed by atoms with Gasteiger partial charge in [-0.05, 0) is 64.0 Å². The third kappa shape index (κ3) is 6.81. The molecule has 4 aliphatic rings. The van der Waals surface area contributed by atoms with Gasteiger partial charge in [-0.3, -0.25) is 19.1 Å². The molecule has 5 unspecified atom stereocenters. The molecule has 11 nitrogen and oxygen atoms in total. The molecule has 1 aromatic heterocycles. The van der Waals surface area contributed by atoms with Crippen LogP contribution in [0.25, 0.3) is 22.2 Å². The van der Waals surface area contributed by atoms with Crippen LogP contribution in [0.1, 0.15) is 57.4 Å². The smallest absolute Gasteiger partial charge is 0.259 e. The molecule has 0 spiro atoms. The van der Waals surface area contributed by atoms with Gasteiger partial charge in [0.1, 0.15) is 29.5 Å². The first-order valence-electron chi connectivity index (χ1n) is 17.1. The summed E-state index contributed by atoms with van der Waals surface area (Å²) in [6.07, 6.45) is 6.23. The zero-order valence-electron chi connectivity index (χ0n) is 27.8. The number of benzene rings is 2. The van der Waals surface area contributed by atoms with Gasteiger partial charge in [0.25, 0.3) is 11.8 Å². The fraction of sp³-hybridized carbons (Fsp3) is 0.459. The SMILES string of the molecule is Cc1cccc2c(OC3CC4C(=O)NC5(C(=O)NS(=O)(=O)C6CC6)CC5C=CCCCCOC(C)C(=O)N4C3)cc(-c3ccccc3)nc12. The monoisotopic (exact) mass is 686 g/mol. The fourth-order valence-corrected chi connectivity index (χ4v) is 8.29. The molecule has 2 aromatic carbocycles. The highest BCUT2D eigenvalue weighted by molar-refractivity contribution is 7.91. The van der Waals surface area contributed by atoms with Gasteiger partial charge in [0.15, 0.2) is 0 Å². The van der Waals surface area contributed by atoms with E-state index in [1.807, 2.05) is 73.7 Å². The highest BCUT2D eigenvalue weighted by atomic mass is 32.2. The Labute approximate surface area is 286 Å². The lowest BCUT2D eigenvalue weighted by Crippen LogP contribution is -2.57. The number of ether oxygens (including phenoxy) is 2. The first-order valence-corrected chi connectivity index (χ1v) is 18.7. The second kappa shape index (κ2) is 13.2. The van der Waals surface area contributed by atoms with Crippen LogP contribution in [0.4, 0.5) is 0 Å². The maximum absolute atomic E-state index is 14.2. The van der Waals surface area contributed by atoms with Crippen LogP contribution in [0.3, 0.4) is 0 Å². The van der Waals surface area contributed by atoms with Gasteiger partial charge in [-0.2, -0.15) is 0 Å². The zero-order valence-corrected chi connectivity index (χ0v) is 28.6. The Kier molecular flexibility index (Phi) is 8.95. The number of hydrogen-bond acceptors (Lipinski definition) is 8. The van der Waals surface area contributed by atoms with Gasteiger partial charge in [-0.15, -0.1) is 0 Å². The summed E-state index contributed by atoms with van der Waals surface area (Å²) in [6, 6.07) is 16.6. The summed E-state index contributed by atoms with van der Waals surface area (Å²) in [4.78, 5) is 48.1. The second-order valence-electron chi connectivity index (χ2n) is 13.7. The van der Waals surface area contributed by atoms with E-state index < -0.39 is 50.9 Å². The quantitative estimate of drug-likeness (QED) is 0.368. The van der Waals surface area contributed by atoms with Crippen molar-refractivity contribution in [3.05, 3.63) is 72.3 Å². The number of hydrogen-bond donors (Lipinski definition) is 2. The van der Waals surface area contributed by atoms with Crippen molar-refractivity contribution in [3.8, 4) is 17.0 Å². The van der Waals surface area contributed by atoms with Gasteiger partial charge in [0, 0.05) is 36.0 Å². The molecule has 2 N–H and O–H groups in total. The molecule has 12 heteroatoms. The maximum atomic E-state index is 14.2. The first kappa shape index (κ1) is 33.2. The first-order chi connectivity index (χ1) is 23.6. The minimum Gasteiger partial charge on any atom is -0.488 e. The van der Waals surface area contributed by atoms with E-state index in [-0.39, 0.29) is 31.2 Å². The number of aryl methyl sites for hydroxylation is 1. The molecule has 5 atom stereocenters. The number of nitrogens with zero attached hydrogens (tertiary/aromatic N) is 2. The van der Waals surface area contributed by atoms with Crippen LogP contribution >= 0.6 is 0 Å². The molecular weight excluding hydrogens is 644 g/mol. The summed E-state index contributed by atoms with van der Waals surface area (Å²) in [5, 5.41) is 3.14. The van der Waals surface area contributed by atoms with Crippen molar-refractivity contribution in [2.45, 2.75) is 87.8 Å². The average Bonchev–Trinajstić information content (AvgIpc) is 4.01. The van der Waals surface area contributed by atoms with Gasteiger partial charge >= 0.3 is 0 Å². The molecule has 3 heterocycles. The highest BCUT2D eigenvalue weighted by Gasteiger charge is 2.62. The Balaban J connectivity index is 1.19. The number of rotatable bonds is 6. The summed E-state index contributed by atoms with van der Waals surface area (Å²) in [6.45, 7) is 4.19. The van der Waals surface area contributed by atoms with Crippen molar-refractivity contribution in [2.75, 3.05) is 13.2 Å². The van der Waals surface area contributed by atoms with Crippen LogP contribution < -0.4 is 14.8 Å². The van der Waals surface area contributed by atoms with Gasteiger partial charge in [-0.1, -0.05) is 54.6 Å². The van der Waals surface area contributed by atoms with Gasteiger partial charge in [0.05, 0.1) is 23.0 Å². The number of amides is 3. The Hall–Kier alpha value is -4.29. The minimum atomic E-state index is -3.83. The summed E-state index contributed by atoms with van der Waals surface area (Å²) >= 11 is 0. The highest BCUT2D eigenvalue weighted by Crippen LogP contribution is 2.46. The molecule has 0 bridgehead atoms. The minimum absolute atomic E-state index is 0.125. The third-order valence-electron chi connectivity index (χ3n) is 10.0. The number of nitrogens with one attached hydrogen (secondary N) is 2. The van der Waals surface area contributed by atoms with E-state index in [9.17, 15) is 22.8 Å². The number of para-hydroxylation sites is 1. The van der Waals surface area contributed by atoms with Crippen LogP contribution in [0.2, 0.25) is 0 Å².